The van der Waals surface area contributed by atoms with Crippen LogP contribution in [-0.4, -0.2) is 35.0 Å². The SMILES string of the molecule is CCNC1(C)CC2CC(C)CC(NSN3CCCC3)(C2)C1. The number of nitrogens with one attached hydrogen (secondary N) is 2. The fourth-order valence-electron chi connectivity index (χ4n) is 5.42. The molecule has 21 heavy (non-hydrogen) atoms. The van der Waals surface area contributed by atoms with Crippen LogP contribution in [0.5, 0.6) is 0 Å². The van der Waals surface area contributed by atoms with E-state index in [0.29, 0.717) is 11.1 Å². The number of fused-ring (bicyclic) bond motifs is 2. The molecule has 3 aliphatic rings. The van der Waals surface area contributed by atoms with Gasteiger partial charge in [0.2, 0.25) is 0 Å². The van der Waals surface area contributed by atoms with Gasteiger partial charge in [0.25, 0.3) is 0 Å². The van der Waals surface area contributed by atoms with Gasteiger partial charge in [0, 0.05) is 36.3 Å². The van der Waals surface area contributed by atoms with Crippen LogP contribution in [0.2, 0.25) is 0 Å². The first-order chi connectivity index (χ1) is 10.0. The molecule has 1 saturated heterocycles. The van der Waals surface area contributed by atoms with Gasteiger partial charge in [-0.15, -0.1) is 0 Å². The summed E-state index contributed by atoms with van der Waals surface area (Å²) < 4.78 is 6.48. The Hall–Kier alpha value is 0.230. The van der Waals surface area contributed by atoms with E-state index in [1.165, 1.54) is 58.0 Å². The summed E-state index contributed by atoms with van der Waals surface area (Å²) in [6.07, 6.45) is 9.56. The third kappa shape index (κ3) is 3.77. The molecule has 4 unspecified atom stereocenters. The third-order valence-electron chi connectivity index (χ3n) is 5.68. The molecule has 4 heteroatoms. The summed E-state index contributed by atoms with van der Waals surface area (Å²) in [7, 11) is 0. The Bertz CT molecular complexity index is 354. The van der Waals surface area contributed by atoms with Crippen LogP contribution in [-0.2, 0) is 0 Å². The topological polar surface area (TPSA) is 27.3 Å². The predicted octanol–water partition coefficient (Wildman–Crippen LogP) is 3.57. The summed E-state index contributed by atoms with van der Waals surface area (Å²) >= 11 is 1.93. The minimum Gasteiger partial charge on any atom is -0.312 e. The van der Waals surface area contributed by atoms with Gasteiger partial charge in [0.1, 0.15) is 0 Å². The van der Waals surface area contributed by atoms with Gasteiger partial charge >= 0.3 is 0 Å². The van der Waals surface area contributed by atoms with Crippen molar-refractivity contribution < 1.29 is 0 Å². The second kappa shape index (κ2) is 6.38. The van der Waals surface area contributed by atoms with E-state index >= 15 is 0 Å². The quantitative estimate of drug-likeness (QED) is 0.759. The molecule has 0 amide bonds. The zero-order chi connectivity index (χ0) is 14.9. The van der Waals surface area contributed by atoms with Crippen LogP contribution in [0.3, 0.4) is 0 Å². The summed E-state index contributed by atoms with van der Waals surface area (Å²) in [5.74, 6) is 1.78. The molecule has 1 aliphatic heterocycles. The van der Waals surface area contributed by atoms with Gasteiger partial charge in [-0.3, -0.25) is 0 Å². The first kappa shape index (κ1) is 16.1. The summed E-state index contributed by atoms with van der Waals surface area (Å²) in [5, 5.41) is 3.79. The zero-order valence-electron chi connectivity index (χ0n) is 14.1. The lowest BCUT2D eigenvalue weighted by molar-refractivity contribution is 0.0433. The lowest BCUT2D eigenvalue weighted by Crippen LogP contribution is -2.61. The van der Waals surface area contributed by atoms with Gasteiger partial charge in [0.15, 0.2) is 0 Å². The molecule has 0 radical (unpaired) electrons. The summed E-state index contributed by atoms with van der Waals surface area (Å²) in [4.78, 5) is 0. The molecule has 122 valence electrons. The van der Waals surface area contributed by atoms with Crippen molar-refractivity contribution in [1.29, 1.82) is 0 Å². The molecular weight excluding hydrogens is 278 g/mol. The molecule has 2 saturated carbocycles. The molecule has 3 nitrogen and oxygen atoms in total. The largest absolute Gasteiger partial charge is 0.312 e. The van der Waals surface area contributed by atoms with E-state index in [-0.39, 0.29) is 0 Å². The van der Waals surface area contributed by atoms with E-state index in [4.69, 9.17) is 0 Å². The highest BCUT2D eigenvalue weighted by molar-refractivity contribution is 7.95. The van der Waals surface area contributed by atoms with Crippen molar-refractivity contribution in [3.8, 4) is 0 Å². The van der Waals surface area contributed by atoms with Gasteiger partial charge in [-0.2, -0.15) is 0 Å². The average Bonchev–Trinajstić information content (AvgIpc) is 2.87. The van der Waals surface area contributed by atoms with Gasteiger partial charge < -0.3 is 5.32 Å². The molecule has 4 atom stereocenters. The minimum atomic E-state index is 0.330. The molecular formula is C17H33N3S. The van der Waals surface area contributed by atoms with E-state index in [1.807, 2.05) is 12.1 Å². The van der Waals surface area contributed by atoms with Crippen molar-refractivity contribution in [3.63, 3.8) is 0 Å². The lowest BCUT2D eigenvalue weighted by Gasteiger charge is -2.55. The smallest absolute Gasteiger partial charge is 0.0317 e. The molecule has 0 aromatic carbocycles. The number of nitrogens with zero attached hydrogens (tertiary/aromatic N) is 1. The molecule has 2 aliphatic carbocycles. The van der Waals surface area contributed by atoms with Crippen molar-refractivity contribution in [2.24, 2.45) is 11.8 Å². The van der Waals surface area contributed by atoms with Crippen LogP contribution in [0, 0.1) is 11.8 Å². The highest BCUT2D eigenvalue weighted by Crippen LogP contribution is 2.49. The molecule has 0 spiro atoms. The maximum absolute atomic E-state index is 3.95. The van der Waals surface area contributed by atoms with Crippen molar-refractivity contribution in [2.75, 3.05) is 19.6 Å². The monoisotopic (exact) mass is 311 g/mol. The van der Waals surface area contributed by atoms with Gasteiger partial charge in [-0.05, 0) is 70.3 Å². The summed E-state index contributed by atoms with van der Waals surface area (Å²) in [6, 6.07) is 0. The second-order valence-electron chi connectivity index (χ2n) is 8.20. The van der Waals surface area contributed by atoms with E-state index < -0.39 is 0 Å². The average molecular weight is 312 g/mol. The fourth-order valence-corrected chi connectivity index (χ4v) is 6.42. The Balaban J connectivity index is 1.68. The van der Waals surface area contributed by atoms with E-state index in [2.05, 4.69) is 35.1 Å². The Morgan fingerprint density at radius 2 is 1.95 bits per heavy atom. The fraction of sp³-hybridized carbons (Fsp3) is 1.00. The summed E-state index contributed by atoms with van der Waals surface area (Å²) in [6.45, 7) is 10.8. The standard InChI is InChI=1S/C17H33N3S/c1-4-18-16(3)11-15-9-14(2)10-17(12-15,13-16)19-21-20-7-5-6-8-20/h14-15,18-19H,4-13H2,1-3H3. The van der Waals surface area contributed by atoms with E-state index in [9.17, 15) is 0 Å². The maximum Gasteiger partial charge on any atom is 0.0317 e. The normalized spacial score (nSPS) is 44.1. The highest BCUT2D eigenvalue weighted by atomic mass is 32.2. The van der Waals surface area contributed by atoms with E-state index in [1.54, 1.807) is 0 Å². The molecule has 2 N–H and O–H groups in total. The summed E-state index contributed by atoms with van der Waals surface area (Å²) in [5.41, 5.74) is 0.682. The Labute approximate surface area is 135 Å². The van der Waals surface area contributed by atoms with Crippen LogP contribution < -0.4 is 10.0 Å². The highest BCUT2D eigenvalue weighted by Gasteiger charge is 2.49. The molecule has 0 aromatic rings. The van der Waals surface area contributed by atoms with Gasteiger partial charge in [0.05, 0.1) is 0 Å². The maximum atomic E-state index is 3.95. The number of hydrogen-bond acceptors (Lipinski definition) is 4. The van der Waals surface area contributed by atoms with Gasteiger partial charge in [-0.25, -0.2) is 9.03 Å². The first-order valence-electron chi connectivity index (χ1n) is 8.97. The van der Waals surface area contributed by atoms with Crippen LogP contribution in [0.4, 0.5) is 0 Å². The Morgan fingerprint density at radius 1 is 1.19 bits per heavy atom. The minimum absolute atomic E-state index is 0.330. The van der Waals surface area contributed by atoms with E-state index in [0.717, 1.165) is 18.4 Å². The molecule has 3 fully saturated rings. The number of rotatable bonds is 5. The van der Waals surface area contributed by atoms with Crippen LogP contribution in [0.15, 0.2) is 0 Å². The van der Waals surface area contributed by atoms with Crippen molar-refractivity contribution in [3.05, 3.63) is 0 Å². The number of hydrogen-bond donors (Lipinski definition) is 2. The third-order valence-corrected chi connectivity index (χ3v) is 6.83. The Kier molecular flexibility index (Phi) is 4.90. The Morgan fingerprint density at radius 3 is 2.67 bits per heavy atom. The van der Waals surface area contributed by atoms with Crippen LogP contribution in [0.25, 0.3) is 0 Å². The zero-order valence-corrected chi connectivity index (χ0v) is 14.9. The first-order valence-corrected chi connectivity index (χ1v) is 9.74. The van der Waals surface area contributed by atoms with Crippen molar-refractivity contribution in [1.82, 2.24) is 14.3 Å². The van der Waals surface area contributed by atoms with Crippen LogP contribution >= 0.6 is 12.1 Å². The predicted molar refractivity (Wildman–Crippen MR) is 92.1 cm³/mol. The molecule has 1 heterocycles. The second-order valence-corrected chi connectivity index (χ2v) is 9.10. The van der Waals surface area contributed by atoms with Crippen LogP contribution in [0.1, 0.15) is 65.7 Å². The molecule has 3 rings (SSSR count). The lowest BCUT2D eigenvalue weighted by atomic mass is 9.59. The molecule has 0 aromatic heterocycles. The van der Waals surface area contributed by atoms with Crippen molar-refractivity contribution in [2.45, 2.75) is 76.8 Å². The molecule has 2 bridgehead atoms. The van der Waals surface area contributed by atoms with Gasteiger partial charge in [-0.1, -0.05) is 13.8 Å². The van der Waals surface area contributed by atoms with Crippen molar-refractivity contribution >= 4 is 12.1 Å².